The van der Waals surface area contributed by atoms with E-state index < -0.39 is 19.1 Å². The normalized spacial score (nSPS) is 28.8. The van der Waals surface area contributed by atoms with E-state index in [0.29, 0.717) is 0 Å². The summed E-state index contributed by atoms with van der Waals surface area (Å²) in [7, 11) is 0. The number of benzene rings is 1. The first-order valence-electron chi connectivity index (χ1n) is 8.33. The Morgan fingerprint density at radius 3 is 2.38 bits per heavy atom. The summed E-state index contributed by atoms with van der Waals surface area (Å²) in [6.07, 6.45) is 4.75. The van der Waals surface area contributed by atoms with Crippen LogP contribution >= 0.6 is 0 Å². The second-order valence-electron chi connectivity index (χ2n) is 6.69. The van der Waals surface area contributed by atoms with Crippen LogP contribution in [-0.2, 0) is 14.4 Å². The van der Waals surface area contributed by atoms with Crippen LogP contribution < -0.4 is 10.1 Å². The molecule has 8 heteroatoms. The van der Waals surface area contributed by atoms with Crippen LogP contribution in [0.15, 0.2) is 36.4 Å². The molecule has 0 aromatic heterocycles. The van der Waals surface area contributed by atoms with Crippen molar-refractivity contribution in [3.63, 3.8) is 0 Å². The van der Waals surface area contributed by atoms with Crippen molar-refractivity contribution in [3.05, 3.63) is 36.4 Å². The lowest BCUT2D eigenvalue weighted by Gasteiger charge is -2.17. The summed E-state index contributed by atoms with van der Waals surface area (Å²) in [6, 6.07) is 5.74. The van der Waals surface area contributed by atoms with Gasteiger partial charge in [0.1, 0.15) is 12.3 Å². The Balaban J connectivity index is 1.45. The van der Waals surface area contributed by atoms with E-state index in [1.165, 1.54) is 18.2 Å². The molecule has 1 saturated carbocycles. The van der Waals surface area contributed by atoms with Gasteiger partial charge in [0.15, 0.2) is 0 Å². The highest BCUT2D eigenvalue weighted by molar-refractivity contribution is 6.09. The summed E-state index contributed by atoms with van der Waals surface area (Å²) in [5.74, 6) is -2.11. The van der Waals surface area contributed by atoms with Gasteiger partial charge in [-0.1, -0.05) is 24.3 Å². The summed E-state index contributed by atoms with van der Waals surface area (Å²) in [4.78, 5) is 38.4. The molecule has 3 amide bonds. The number of likely N-dealkylation sites (tertiary alicyclic amines) is 1. The highest BCUT2D eigenvalue weighted by Crippen LogP contribution is 2.52. The summed E-state index contributed by atoms with van der Waals surface area (Å²) in [5, 5.41) is 2.43. The molecule has 4 unspecified atom stereocenters. The zero-order valence-electron chi connectivity index (χ0n) is 13.6. The smallest absolute Gasteiger partial charge is 0.387 e. The topological polar surface area (TPSA) is 75.7 Å². The Morgan fingerprint density at radius 2 is 1.77 bits per heavy atom. The number of fused-ring (bicyclic) bond motifs is 5. The van der Waals surface area contributed by atoms with Crippen LogP contribution in [0.25, 0.3) is 0 Å². The quantitative estimate of drug-likeness (QED) is 0.642. The SMILES string of the molecule is O=C(CN1C(=O)C2C3C=CC(C3)C2C1=O)Nc1ccccc1OC(F)F. The maximum Gasteiger partial charge on any atom is 0.387 e. The first-order chi connectivity index (χ1) is 12.5. The monoisotopic (exact) mass is 362 g/mol. The second kappa shape index (κ2) is 6.19. The number of hydrogen-bond donors (Lipinski definition) is 1. The van der Waals surface area contributed by atoms with Gasteiger partial charge in [-0.25, -0.2) is 0 Å². The molecule has 0 radical (unpaired) electrons. The molecule has 1 aromatic carbocycles. The molecule has 1 N–H and O–H groups in total. The number of anilines is 1. The fourth-order valence-electron chi connectivity index (χ4n) is 4.22. The highest BCUT2D eigenvalue weighted by atomic mass is 19.3. The molecule has 4 rings (SSSR count). The predicted octanol–water partition coefficient (Wildman–Crippen LogP) is 2.03. The van der Waals surface area contributed by atoms with Crippen molar-refractivity contribution in [1.29, 1.82) is 0 Å². The van der Waals surface area contributed by atoms with Gasteiger partial charge in [-0.05, 0) is 30.4 Å². The van der Waals surface area contributed by atoms with Gasteiger partial charge < -0.3 is 10.1 Å². The number of allylic oxidation sites excluding steroid dienone is 2. The van der Waals surface area contributed by atoms with Crippen LogP contribution in [0.3, 0.4) is 0 Å². The lowest BCUT2D eigenvalue weighted by atomic mass is 9.85. The average molecular weight is 362 g/mol. The largest absolute Gasteiger partial charge is 0.433 e. The summed E-state index contributed by atoms with van der Waals surface area (Å²) in [6.45, 7) is -3.47. The third kappa shape index (κ3) is 2.65. The molecule has 0 spiro atoms. The Kier molecular flexibility index (Phi) is 3.97. The maximum atomic E-state index is 12.6. The minimum Gasteiger partial charge on any atom is -0.433 e. The summed E-state index contributed by atoms with van der Waals surface area (Å²) in [5.41, 5.74) is 0.0545. The highest BCUT2D eigenvalue weighted by Gasteiger charge is 2.59. The Morgan fingerprint density at radius 1 is 1.15 bits per heavy atom. The molecule has 1 saturated heterocycles. The summed E-state index contributed by atoms with van der Waals surface area (Å²) < 4.78 is 29.2. The van der Waals surface area contributed by atoms with Crippen molar-refractivity contribution in [3.8, 4) is 5.75 Å². The average Bonchev–Trinajstić information content (AvgIpc) is 3.26. The van der Waals surface area contributed by atoms with Gasteiger partial charge in [-0.2, -0.15) is 8.78 Å². The number of carbonyl (C=O) groups is 3. The Bertz CT molecular complexity index is 780. The van der Waals surface area contributed by atoms with E-state index in [2.05, 4.69) is 10.1 Å². The van der Waals surface area contributed by atoms with E-state index in [1.54, 1.807) is 6.07 Å². The maximum absolute atomic E-state index is 12.6. The van der Waals surface area contributed by atoms with Crippen molar-refractivity contribution in [2.24, 2.45) is 23.7 Å². The second-order valence-corrected chi connectivity index (χ2v) is 6.69. The molecule has 2 bridgehead atoms. The van der Waals surface area contributed by atoms with Crippen LogP contribution in [0.2, 0.25) is 0 Å². The minimum absolute atomic E-state index is 0.0545. The molecule has 136 valence electrons. The number of para-hydroxylation sites is 2. The minimum atomic E-state index is -3.03. The van der Waals surface area contributed by atoms with E-state index in [-0.39, 0.29) is 46.9 Å². The lowest BCUT2D eigenvalue weighted by Crippen LogP contribution is -2.39. The number of carbonyl (C=O) groups excluding carboxylic acids is 3. The third-order valence-electron chi connectivity index (χ3n) is 5.24. The molecule has 2 fully saturated rings. The van der Waals surface area contributed by atoms with E-state index >= 15 is 0 Å². The molecule has 4 atom stereocenters. The van der Waals surface area contributed by atoms with Crippen molar-refractivity contribution in [2.45, 2.75) is 13.0 Å². The van der Waals surface area contributed by atoms with Gasteiger partial charge in [0.25, 0.3) is 0 Å². The molecule has 26 heavy (non-hydrogen) atoms. The van der Waals surface area contributed by atoms with Gasteiger partial charge in [-0.3, -0.25) is 19.3 Å². The number of ether oxygens (including phenoxy) is 1. The molecule has 2 aliphatic carbocycles. The fraction of sp³-hybridized carbons (Fsp3) is 0.389. The zero-order chi connectivity index (χ0) is 18.4. The van der Waals surface area contributed by atoms with Gasteiger partial charge in [-0.15, -0.1) is 0 Å². The lowest BCUT2D eigenvalue weighted by molar-refractivity contribution is -0.143. The predicted molar refractivity (Wildman–Crippen MR) is 86.1 cm³/mol. The van der Waals surface area contributed by atoms with E-state index in [9.17, 15) is 23.2 Å². The van der Waals surface area contributed by atoms with E-state index in [4.69, 9.17) is 0 Å². The van der Waals surface area contributed by atoms with Crippen molar-refractivity contribution >= 4 is 23.4 Å². The van der Waals surface area contributed by atoms with Crippen LogP contribution in [0, 0.1) is 23.7 Å². The molecule has 1 heterocycles. The molecular formula is C18H16F2N2O4. The number of rotatable bonds is 5. The number of imide groups is 1. The third-order valence-corrected chi connectivity index (χ3v) is 5.24. The van der Waals surface area contributed by atoms with Gasteiger partial charge in [0, 0.05) is 0 Å². The number of amides is 3. The first-order valence-corrected chi connectivity index (χ1v) is 8.33. The van der Waals surface area contributed by atoms with Crippen LogP contribution in [-0.4, -0.2) is 35.8 Å². The Labute approximate surface area is 147 Å². The van der Waals surface area contributed by atoms with Gasteiger partial charge >= 0.3 is 6.61 Å². The number of halogens is 2. The first kappa shape index (κ1) is 16.7. The van der Waals surface area contributed by atoms with Crippen molar-refractivity contribution in [1.82, 2.24) is 4.90 Å². The summed E-state index contributed by atoms with van der Waals surface area (Å²) >= 11 is 0. The molecule has 1 aliphatic heterocycles. The van der Waals surface area contributed by atoms with Crippen molar-refractivity contribution in [2.75, 3.05) is 11.9 Å². The molecule has 6 nitrogen and oxygen atoms in total. The van der Waals surface area contributed by atoms with Crippen LogP contribution in [0.5, 0.6) is 5.75 Å². The van der Waals surface area contributed by atoms with Crippen LogP contribution in [0.1, 0.15) is 6.42 Å². The van der Waals surface area contributed by atoms with E-state index in [1.807, 2.05) is 12.2 Å². The van der Waals surface area contributed by atoms with Gasteiger partial charge in [0.05, 0.1) is 17.5 Å². The van der Waals surface area contributed by atoms with Crippen LogP contribution in [0.4, 0.5) is 14.5 Å². The number of hydrogen-bond acceptors (Lipinski definition) is 4. The Hall–Kier alpha value is -2.77. The van der Waals surface area contributed by atoms with Gasteiger partial charge in [0.2, 0.25) is 17.7 Å². The number of nitrogens with zero attached hydrogens (tertiary/aromatic N) is 1. The number of nitrogens with one attached hydrogen (secondary N) is 1. The standard InChI is InChI=1S/C18H16F2N2O4/c19-18(20)26-12-4-2-1-3-11(12)21-13(23)8-22-16(24)14-9-5-6-10(7-9)15(14)17(22)25/h1-6,9-10,14-15,18H,7-8H2,(H,21,23). The van der Waals surface area contributed by atoms with E-state index in [0.717, 1.165) is 11.3 Å². The number of alkyl halides is 2. The molecule has 3 aliphatic rings. The molecular weight excluding hydrogens is 346 g/mol. The molecule has 1 aromatic rings. The van der Waals surface area contributed by atoms with Crippen molar-refractivity contribution < 1.29 is 27.9 Å². The fourth-order valence-corrected chi connectivity index (χ4v) is 4.22. The zero-order valence-corrected chi connectivity index (χ0v) is 13.6.